The minimum Gasteiger partial charge on any atom is -0.346 e. The van der Waals surface area contributed by atoms with Gasteiger partial charge in [0, 0.05) is 30.4 Å². The fraction of sp³-hybridized carbons (Fsp3) is 0.350. The molecule has 6 nitrogen and oxygen atoms in total. The summed E-state index contributed by atoms with van der Waals surface area (Å²) in [4.78, 5) is 1.91. The van der Waals surface area contributed by atoms with E-state index in [0.717, 1.165) is 33.8 Å². The number of halogens is 3. The van der Waals surface area contributed by atoms with Crippen molar-refractivity contribution in [2.24, 2.45) is 0 Å². The topological polar surface area (TPSA) is 50.9 Å². The molecular formula is C20H23BrClFN6S. The summed E-state index contributed by atoms with van der Waals surface area (Å²) < 4.78 is 18.7. The van der Waals surface area contributed by atoms with E-state index >= 15 is 0 Å². The van der Waals surface area contributed by atoms with Crippen LogP contribution < -0.4 is 5.32 Å². The molecule has 30 heavy (non-hydrogen) atoms. The average Bonchev–Trinajstić information content (AvgIpc) is 3.18. The maximum absolute atomic E-state index is 14.2. The molecule has 3 rings (SSSR count). The van der Waals surface area contributed by atoms with Crippen LogP contribution in [-0.4, -0.2) is 36.6 Å². The van der Waals surface area contributed by atoms with Gasteiger partial charge in [0.05, 0.1) is 40.3 Å². The predicted molar refractivity (Wildman–Crippen MR) is 126 cm³/mol. The summed E-state index contributed by atoms with van der Waals surface area (Å²) in [6.07, 6.45) is 1.95. The molecule has 0 aliphatic heterocycles. The molecule has 0 spiro atoms. The zero-order chi connectivity index (χ0) is 22.0. The third-order valence-electron chi connectivity index (χ3n) is 4.83. The normalized spacial score (nSPS) is 11.0. The molecule has 2 heterocycles. The zero-order valence-corrected chi connectivity index (χ0v) is 20.4. The van der Waals surface area contributed by atoms with Gasteiger partial charge in [0.2, 0.25) is 0 Å². The molecule has 0 amide bonds. The first-order valence-corrected chi connectivity index (χ1v) is 11.0. The van der Waals surface area contributed by atoms with Crippen LogP contribution in [0.4, 0.5) is 10.1 Å². The van der Waals surface area contributed by atoms with E-state index in [-0.39, 0.29) is 12.4 Å². The van der Waals surface area contributed by atoms with Gasteiger partial charge in [0.15, 0.2) is 5.11 Å². The maximum atomic E-state index is 14.2. The molecular weight excluding hydrogens is 491 g/mol. The number of thiocarbonyl (C=S) groups is 1. The van der Waals surface area contributed by atoms with Crippen molar-refractivity contribution in [1.29, 1.82) is 0 Å². The first kappa shape index (κ1) is 22.7. The van der Waals surface area contributed by atoms with E-state index in [1.807, 2.05) is 43.6 Å². The summed E-state index contributed by atoms with van der Waals surface area (Å²) in [6.45, 7) is 7.43. The van der Waals surface area contributed by atoms with Gasteiger partial charge >= 0.3 is 0 Å². The zero-order valence-electron chi connectivity index (χ0n) is 17.2. The van der Waals surface area contributed by atoms with Crippen molar-refractivity contribution in [2.75, 3.05) is 12.4 Å². The highest BCUT2D eigenvalue weighted by atomic mass is 79.9. The first-order valence-electron chi connectivity index (χ1n) is 9.42. The van der Waals surface area contributed by atoms with Crippen LogP contribution >= 0.6 is 39.7 Å². The summed E-state index contributed by atoms with van der Waals surface area (Å²) in [5.74, 6) is -0.350. The number of aryl methyl sites for hydroxylation is 2. The van der Waals surface area contributed by atoms with E-state index in [1.54, 1.807) is 16.8 Å². The number of anilines is 1. The highest BCUT2D eigenvalue weighted by molar-refractivity contribution is 9.10. The van der Waals surface area contributed by atoms with Gasteiger partial charge in [-0.3, -0.25) is 9.36 Å². The van der Waals surface area contributed by atoms with Crippen LogP contribution in [0.5, 0.6) is 0 Å². The van der Waals surface area contributed by atoms with Crippen LogP contribution in [0.15, 0.2) is 28.9 Å². The monoisotopic (exact) mass is 512 g/mol. The van der Waals surface area contributed by atoms with E-state index < -0.39 is 0 Å². The first-order chi connectivity index (χ1) is 14.2. The van der Waals surface area contributed by atoms with Crippen LogP contribution in [0.2, 0.25) is 5.02 Å². The quantitative estimate of drug-likeness (QED) is 0.462. The van der Waals surface area contributed by atoms with Crippen molar-refractivity contribution in [3.05, 3.63) is 62.4 Å². The van der Waals surface area contributed by atoms with Gasteiger partial charge in [-0.25, -0.2) is 4.39 Å². The standard InChI is InChI=1S/C20H23BrClFN6S/c1-5-28-10-15(21)18(26-28)11-27(4)20(30)24-19-12(2)25-29(13(19)3)9-14-16(22)7-6-8-17(14)23/h6-8,10H,5,9,11H2,1-4H3,(H,24,30). The third-order valence-corrected chi connectivity index (χ3v) is 6.26. The molecule has 10 heteroatoms. The number of hydrogen-bond donors (Lipinski definition) is 1. The number of nitrogens with zero attached hydrogens (tertiary/aromatic N) is 5. The highest BCUT2D eigenvalue weighted by Crippen LogP contribution is 2.25. The molecule has 1 N–H and O–H groups in total. The van der Waals surface area contributed by atoms with Crippen molar-refractivity contribution < 1.29 is 4.39 Å². The number of rotatable bonds is 6. The van der Waals surface area contributed by atoms with E-state index in [0.29, 0.717) is 22.2 Å². The van der Waals surface area contributed by atoms with Crippen molar-refractivity contribution in [2.45, 2.75) is 40.4 Å². The second-order valence-corrected chi connectivity index (χ2v) is 8.62. The van der Waals surface area contributed by atoms with Crippen LogP contribution in [0, 0.1) is 19.7 Å². The Morgan fingerprint density at radius 1 is 1.33 bits per heavy atom. The highest BCUT2D eigenvalue weighted by Gasteiger charge is 2.18. The fourth-order valence-electron chi connectivity index (χ4n) is 3.07. The molecule has 160 valence electrons. The fourth-order valence-corrected chi connectivity index (χ4v) is 3.90. The lowest BCUT2D eigenvalue weighted by Gasteiger charge is -2.20. The van der Waals surface area contributed by atoms with Gasteiger partial charge in [0.25, 0.3) is 0 Å². The molecule has 2 aromatic heterocycles. The molecule has 1 aromatic carbocycles. The lowest BCUT2D eigenvalue weighted by Crippen LogP contribution is -2.31. The maximum Gasteiger partial charge on any atom is 0.173 e. The Morgan fingerprint density at radius 2 is 2.07 bits per heavy atom. The van der Waals surface area contributed by atoms with Gasteiger partial charge in [-0.15, -0.1) is 0 Å². The third kappa shape index (κ3) is 4.84. The van der Waals surface area contributed by atoms with E-state index in [1.165, 1.54) is 6.07 Å². The minimum absolute atomic E-state index is 0.240. The Labute approximate surface area is 194 Å². The Kier molecular flexibility index (Phi) is 7.15. The Morgan fingerprint density at radius 3 is 2.70 bits per heavy atom. The largest absolute Gasteiger partial charge is 0.346 e. The number of benzene rings is 1. The van der Waals surface area contributed by atoms with Crippen molar-refractivity contribution in [3.63, 3.8) is 0 Å². The van der Waals surface area contributed by atoms with Gasteiger partial charge in [-0.1, -0.05) is 17.7 Å². The van der Waals surface area contributed by atoms with Crippen molar-refractivity contribution in [1.82, 2.24) is 24.5 Å². The molecule has 0 bridgehead atoms. The molecule has 0 radical (unpaired) electrons. The molecule has 0 fully saturated rings. The second-order valence-electron chi connectivity index (χ2n) is 6.97. The van der Waals surface area contributed by atoms with Crippen LogP contribution in [0.1, 0.15) is 29.6 Å². The summed E-state index contributed by atoms with van der Waals surface area (Å²) in [5.41, 5.74) is 3.73. The van der Waals surface area contributed by atoms with Crippen LogP contribution in [0.25, 0.3) is 0 Å². The Hall–Kier alpha value is -1.97. The van der Waals surface area contributed by atoms with E-state index in [4.69, 9.17) is 23.8 Å². The van der Waals surface area contributed by atoms with Crippen LogP contribution in [0.3, 0.4) is 0 Å². The summed E-state index contributed by atoms with van der Waals surface area (Å²) in [6, 6.07) is 4.66. The van der Waals surface area contributed by atoms with E-state index in [2.05, 4.69) is 31.4 Å². The molecule has 0 saturated heterocycles. The van der Waals surface area contributed by atoms with Crippen molar-refractivity contribution in [3.8, 4) is 0 Å². The molecule has 0 saturated carbocycles. The average molecular weight is 514 g/mol. The summed E-state index contributed by atoms with van der Waals surface area (Å²) >= 11 is 15.3. The lowest BCUT2D eigenvalue weighted by atomic mass is 10.2. The van der Waals surface area contributed by atoms with Gasteiger partial charge in [-0.05, 0) is 61.1 Å². The van der Waals surface area contributed by atoms with E-state index in [9.17, 15) is 4.39 Å². The smallest absolute Gasteiger partial charge is 0.173 e. The van der Waals surface area contributed by atoms with Gasteiger partial charge < -0.3 is 10.2 Å². The summed E-state index contributed by atoms with van der Waals surface area (Å²) in [5, 5.41) is 13.3. The predicted octanol–water partition coefficient (Wildman–Crippen LogP) is 5.15. The number of nitrogens with one attached hydrogen (secondary N) is 1. The number of aromatic nitrogens is 4. The van der Waals surface area contributed by atoms with Crippen LogP contribution in [-0.2, 0) is 19.6 Å². The molecule has 0 aliphatic carbocycles. The Balaban J connectivity index is 1.75. The lowest BCUT2D eigenvalue weighted by molar-refractivity contribution is 0.491. The minimum atomic E-state index is -0.350. The molecule has 0 unspecified atom stereocenters. The van der Waals surface area contributed by atoms with Gasteiger partial charge in [0.1, 0.15) is 5.82 Å². The molecule has 0 atom stereocenters. The summed E-state index contributed by atoms with van der Waals surface area (Å²) in [7, 11) is 1.90. The Bertz CT molecular complexity index is 1060. The number of hydrogen-bond acceptors (Lipinski definition) is 3. The SMILES string of the molecule is CCn1cc(Br)c(CN(C)C(=S)Nc2c(C)nn(Cc3c(F)cccc3Cl)c2C)n1. The molecule has 3 aromatic rings. The second kappa shape index (κ2) is 9.45. The van der Waals surface area contributed by atoms with Gasteiger partial charge in [-0.2, -0.15) is 10.2 Å². The van der Waals surface area contributed by atoms with Crippen molar-refractivity contribution >= 4 is 50.5 Å². The molecule has 0 aliphatic rings.